The van der Waals surface area contributed by atoms with E-state index in [1.807, 2.05) is 69.3 Å². The lowest BCUT2D eigenvalue weighted by Gasteiger charge is -2.57. The molecule has 4 aliphatic carbocycles. The molecule has 0 saturated heterocycles. The number of carbonyl (C=O) groups is 2. The number of benzene rings is 3. The summed E-state index contributed by atoms with van der Waals surface area (Å²) in [6.45, 7) is 10.1. The summed E-state index contributed by atoms with van der Waals surface area (Å²) in [6.07, 6.45) is 9.18. The molecule has 3 aromatic carbocycles. The Hall–Kier alpha value is -4.76. The molecule has 1 N–H and O–H groups in total. The third-order valence-corrected chi connectivity index (χ3v) is 13.5. The van der Waals surface area contributed by atoms with Gasteiger partial charge in [0.25, 0.3) is 5.91 Å². The Morgan fingerprint density at radius 2 is 1.64 bits per heavy atom. The lowest BCUT2D eigenvalue weighted by atomic mass is 9.49. The predicted octanol–water partition coefficient (Wildman–Crippen LogP) is 10.1. The zero-order valence-electron chi connectivity index (χ0n) is 32.7. The number of aromatic nitrogens is 2. The van der Waals surface area contributed by atoms with Gasteiger partial charge in [0.15, 0.2) is 10.8 Å². The summed E-state index contributed by atoms with van der Waals surface area (Å²) >= 11 is 1.47. The first-order valence-corrected chi connectivity index (χ1v) is 20.8. The fourth-order valence-corrected chi connectivity index (χ4v) is 11.7. The summed E-state index contributed by atoms with van der Waals surface area (Å²) in [7, 11) is 2.25. The van der Waals surface area contributed by atoms with E-state index < -0.39 is 11.6 Å². The van der Waals surface area contributed by atoms with E-state index in [4.69, 9.17) is 9.72 Å². The van der Waals surface area contributed by atoms with Crippen molar-refractivity contribution in [2.75, 3.05) is 35.3 Å². The first-order valence-electron chi connectivity index (χ1n) is 20.0. The fraction of sp³-hybridized carbons (Fsp3) is 0.435. The standard InChI is InChI=1S/C46H51N5O3S/c1-28-33(11-9-14-38(28)50(5)27-46-23-29-20-30(24-46)22-31(21-29)25-46)34-16-17-40(48-41(34)43(53)54-45(2,3)4)51-19-18-32-10-8-12-35(36(32)26-51)42(52)49-44-47-37-13-6-7-15-39(37)55-44/h6-17,29-31H,18-27H2,1-5H3,(H,47,49,52). The monoisotopic (exact) mass is 753 g/mol. The maximum Gasteiger partial charge on any atom is 0.358 e. The van der Waals surface area contributed by atoms with Crippen molar-refractivity contribution in [2.45, 2.75) is 84.8 Å². The van der Waals surface area contributed by atoms with E-state index >= 15 is 0 Å². The van der Waals surface area contributed by atoms with Gasteiger partial charge in [-0.15, -0.1) is 0 Å². The maximum absolute atomic E-state index is 14.0. The van der Waals surface area contributed by atoms with Crippen molar-refractivity contribution in [2.24, 2.45) is 23.2 Å². The highest BCUT2D eigenvalue weighted by molar-refractivity contribution is 7.22. The number of thiazole rings is 1. The number of fused-ring (bicyclic) bond motifs is 2. The van der Waals surface area contributed by atoms with Crippen LogP contribution < -0.4 is 15.1 Å². The van der Waals surface area contributed by atoms with Crippen LogP contribution in [0.4, 0.5) is 16.6 Å². The number of amides is 1. The largest absolute Gasteiger partial charge is 0.455 e. The Morgan fingerprint density at radius 1 is 0.909 bits per heavy atom. The number of ether oxygens (including phenoxy) is 1. The predicted molar refractivity (Wildman–Crippen MR) is 222 cm³/mol. The molecule has 4 fully saturated rings. The molecule has 0 unspecified atom stereocenters. The van der Waals surface area contributed by atoms with Gasteiger partial charge in [0.2, 0.25) is 0 Å². The van der Waals surface area contributed by atoms with Gasteiger partial charge >= 0.3 is 5.97 Å². The highest BCUT2D eigenvalue weighted by Crippen LogP contribution is 2.60. The van der Waals surface area contributed by atoms with Gasteiger partial charge in [-0.3, -0.25) is 10.1 Å². The second-order valence-corrected chi connectivity index (χ2v) is 18.9. The van der Waals surface area contributed by atoms with Gasteiger partial charge in [-0.05, 0) is 154 Å². The van der Waals surface area contributed by atoms with Gasteiger partial charge in [-0.2, -0.15) is 0 Å². The van der Waals surface area contributed by atoms with Crippen LogP contribution in [-0.4, -0.2) is 47.6 Å². The molecule has 8 nitrogen and oxygen atoms in total. The van der Waals surface area contributed by atoms with Crippen molar-refractivity contribution >= 4 is 50.1 Å². The number of para-hydroxylation sites is 1. The third kappa shape index (κ3) is 7.01. The first kappa shape index (κ1) is 35.9. The zero-order chi connectivity index (χ0) is 38.1. The minimum atomic E-state index is -0.684. The number of anilines is 3. The smallest absolute Gasteiger partial charge is 0.358 e. The van der Waals surface area contributed by atoms with Crippen LogP contribution in [0.25, 0.3) is 21.3 Å². The SMILES string of the molecule is Cc1c(-c2ccc(N3CCc4cccc(C(=O)Nc5nc6ccccc6s5)c4C3)nc2C(=O)OC(C)(C)C)cccc1N(C)CC12CC3CC(CC(C3)C1)C2. The molecule has 2 aromatic heterocycles. The minimum absolute atomic E-state index is 0.181. The second kappa shape index (κ2) is 13.8. The van der Waals surface area contributed by atoms with Crippen LogP contribution in [0.1, 0.15) is 96.8 Å². The van der Waals surface area contributed by atoms with Crippen molar-refractivity contribution in [3.63, 3.8) is 0 Å². The van der Waals surface area contributed by atoms with Crippen LogP contribution in [0.5, 0.6) is 0 Å². The molecule has 0 spiro atoms. The molecular weight excluding hydrogens is 703 g/mol. The molecular formula is C46H51N5O3S. The molecule has 0 atom stereocenters. The molecule has 1 amide bonds. The number of hydrogen-bond donors (Lipinski definition) is 1. The highest BCUT2D eigenvalue weighted by atomic mass is 32.1. The van der Waals surface area contributed by atoms with Gasteiger partial charge in [-0.25, -0.2) is 14.8 Å². The van der Waals surface area contributed by atoms with E-state index in [2.05, 4.69) is 58.3 Å². The van der Waals surface area contributed by atoms with E-state index in [0.29, 0.717) is 40.7 Å². The van der Waals surface area contributed by atoms with E-state index in [1.165, 1.54) is 55.5 Å². The number of rotatable bonds is 8. The number of pyridine rings is 1. The van der Waals surface area contributed by atoms with Gasteiger partial charge in [-0.1, -0.05) is 47.7 Å². The van der Waals surface area contributed by atoms with Crippen LogP contribution in [0.15, 0.2) is 72.8 Å². The van der Waals surface area contributed by atoms with E-state index in [0.717, 1.165) is 68.8 Å². The molecule has 1 aliphatic heterocycles. The molecule has 4 saturated carbocycles. The summed E-state index contributed by atoms with van der Waals surface area (Å²) in [4.78, 5) is 42.1. The number of nitrogens with zero attached hydrogens (tertiary/aromatic N) is 4. The van der Waals surface area contributed by atoms with E-state index in [1.54, 1.807) is 0 Å². The van der Waals surface area contributed by atoms with Crippen LogP contribution >= 0.6 is 11.3 Å². The fourth-order valence-electron chi connectivity index (χ4n) is 10.8. The third-order valence-electron chi connectivity index (χ3n) is 12.6. The topological polar surface area (TPSA) is 87.7 Å². The summed E-state index contributed by atoms with van der Waals surface area (Å²) in [5, 5.41) is 3.63. The Kier molecular flexibility index (Phi) is 8.99. The number of esters is 1. The maximum atomic E-state index is 14.0. The van der Waals surface area contributed by atoms with Gasteiger partial charge < -0.3 is 14.5 Å². The summed E-state index contributed by atoms with van der Waals surface area (Å²) in [6, 6.07) is 24.3. The number of carbonyl (C=O) groups excluding carboxylic acids is 2. The van der Waals surface area contributed by atoms with Crippen LogP contribution in [0.3, 0.4) is 0 Å². The lowest BCUT2D eigenvalue weighted by molar-refractivity contribution is -0.0472. The van der Waals surface area contributed by atoms with Crippen molar-refractivity contribution in [1.82, 2.24) is 9.97 Å². The van der Waals surface area contributed by atoms with E-state index in [-0.39, 0.29) is 5.91 Å². The molecule has 5 aliphatic rings. The van der Waals surface area contributed by atoms with Crippen LogP contribution in [-0.2, 0) is 17.7 Å². The molecule has 0 radical (unpaired) electrons. The summed E-state index contributed by atoms with van der Waals surface area (Å²) in [5.74, 6) is 2.80. The van der Waals surface area contributed by atoms with Crippen molar-refractivity contribution in [1.29, 1.82) is 0 Å². The molecule has 9 heteroatoms. The van der Waals surface area contributed by atoms with Crippen LogP contribution in [0, 0.1) is 30.1 Å². The Morgan fingerprint density at radius 3 is 2.36 bits per heavy atom. The first-order chi connectivity index (χ1) is 26.4. The van der Waals surface area contributed by atoms with Crippen molar-refractivity contribution in [3.8, 4) is 11.1 Å². The second-order valence-electron chi connectivity index (χ2n) is 17.8. The summed E-state index contributed by atoms with van der Waals surface area (Å²) in [5.41, 5.74) is 7.75. The minimum Gasteiger partial charge on any atom is -0.455 e. The zero-order valence-corrected chi connectivity index (χ0v) is 33.5. The average molecular weight is 754 g/mol. The highest BCUT2D eigenvalue weighted by Gasteiger charge is 2.51. The number of nitrogens with one attached hydrogen (secondary N) is 1. The van der Waals surface area contributed by atoms with Gasteiger partial charge in [0, 0.05) is 43.5 Å². The Bertz CT molecular complexity index is 2240. The van der Waals surface area contributed by atoms with Crippen LogP contribution in [0.2, 0.25) is 0 Å². The molecule has 284 valence electrons. The normalized spacial score (nSPS) is 22.8. The molecule has 55 heavy (non-hydrogen) atoms. The average Bonchev–Trinajstić information content (AvgIpc) is 3.55. The molecule has 4 bridgehead atoms. The summed E-state index contributed by atoms with van der Waals surface area (Å²) < 4.78 is 7.03. The molecule has 10 rings (SSSR count). The quantitative estimate of drug-likeness (QED) is 0.158. The van der Waals surface area contributed by atoms with Crippen molar-refractivity contribution < 1.29 is 14.3 Å². The Balaban J connectivity index is 1.01. The van der Waals surface area contributed by atoms with Crippen molar-refractivity contribution in [3.05, 3.63) is 101 Å². The Labute approximate surface area is 328 Å². The lowest BCUT2D eigenvalue weighted by Crippen LogP contribution is -2.50. The van der Waals surface area contributed by atoms with E-state index in [9.17, 15) is 9.59 Å². The molecule has 3 heterocycles. The molecule has 5 aromatic rings. The van der Waals surface area contributed by atoms with Gasteiger partial charge in [0.1, 0.15) is 11.4 Å². The number of hydrogen-bond acceptors (Lipinski definition) is 8. The van der Waals surface area contributed by atoms with Gasteiger partial charge in [0.05, 0.1) is 10.2 Å².